The summed E-state index contributed by atoms with van der Waals surface area (Å²) in [4.78, 5) is 4.81. The lowest BCUT2D eigenvalue weighted by Gasteiger charge is -2.31. The highest BCUT2D eigenvalue weighted by molar-refractivity contribution is 7.25. The van der Waals surface area contributed by atoms with Crippen LogP contribution in [0.2, 0.25) is 0 Å². The second kappa shape index (κ2) is 13.3. The van der Waals surface area contributed by atoms with Gasteiger partial charge in [0.1, 0.15) is 0 Å². The lowest BCUT2D eigenvalue weighted by Crippen LogP contribution is -2.71. The van der Waals surface area contributed by atoms with Gasteiger partial charge in [-0.05, 0) is 137 Å². The van der Waals surface area contributed by atoms with E-state index >= 15 is 0 Å². The molecular formula is C56H38N2Si. The van der Waals surface area contributed by atoms with Crippen LogP contribution in [0.15, 0.2) is 231 Å². The maximum absolute atomic E-state index is 2.93. The summed E-state index contributed by atoms with van der Waals surface area (Å²) in [6.45, 7) is 0. The van der Waals surface area contributed by atoms with E-state index in [0.717, 1.165) is 28.4 Å². The van der Waals surface area contributed by atoms with Crippen molar-refractivity contribution in [3.05, 3.63) is 231 Å². The lowest BCUT2D eigenvalue weighted by atomic mass is 9.92. The molecule has 0 fully saturated rings. The number of rotatable bonds is 6. The summed E-state index contributed by atoms with van der Waals surface area (Å²) < 4.78 is 0. The first kappa shape index (κ1) is 33.7. The predicted molar refractivity (Wildman–Crippen MR) is 252 cm³/mol. The van der Waals surface area contributed by atoms with Crippen LogP contribution in [0.3, 0.4) is 0 Å². The Balaban J connectivity index is 1.20. The Labute approximate surface area is 345 Å². The molecule has 0 N–H and O–H groups in total. The highest BCUT2D eigenvalue weighted by Gasteiger charge is 2.55. The molecule has 12 rings (SSSR count). The van der Waals surface area contributed by atoms with E-state index < -0.39 is 8.07 Å². The molecule has 2 nitrogen and oxygen atoms in total. The molecule has 2 aliphatic rings. The van der Waals surface area contributed by atoms with Crippen LogP contribution in [-0.2, 0) is 0 Å². The molecule has 0 radical (unpaired) electrons. The van der Waals surface area contributed by atoms with Gasteiger partial charge < -0.3 is 9.80 Å². The molecule has 2 heterocycles. The van der Waals surface area contributed by atoms with Gasteiger partial charge in [-0.25, -0.2) is 0 Å². The van der Waals surface area contributed by atoms with Crippen molar-refractivity contribution in [1.82, 2.24) is 0 Å². The minimum Gasteiger partial charge on any atom is -0.311 e. The molecule has 276 valence electrons. The van der Waals surface area contributed by atoms with Crippen LogP contribution < -0.4 is 30.5 Å². The fourth-order valence-corrected chi connectivity index (χ4v) is 16.2. The van der Waals surface area contributed by atoms with Gasteiger partial charge in [0.15, 0.2) is 8.07 Å². The molecule has 0 saturated carbocycles. The summed E-state index contributed by atoms with van der Waals surface area (Å²) in [7, 11) is -2.93. The smallest absolute Gasteiger partial charge is 0.182 e. The molecule has 0 amide bonds. The number of anilines is 6. The van der Waals surface area contributed by atoms with Gasteiger partial charge in [-0.1, -0.05) is 158 Å². The van der Waals surface area contributed by atoms with Crippen LogP contribution in [0.4, 0.5) is 34.1 Å². The quantitative estimate of drug-likeness (QED) is 0.123. The summed E-state index contributed by atoms with van der Waals surface area (Å²) in [6.07, 6.45) is 0. The molecule has 2 aliphatic heterocycles. The number of nitrogens with zero attached hydrogens (tertiary/aromatic N) is 2. The van der Waals surface area contributed by atoms with Crippen molar-refractivity contribution in [2.24, 2.45) is 0 Å². The largest absolute Gasteiger partial charge is 0.311 e. The third-order valence-corrected chi connectivity index (χ3v) is 17.6. The number of hydrogen-bond acceptors (Lipinski definition) is 2. The maximum atomic E-state index is 2.56. The van der Waals surface area contributed by atoms with E-state index in [-0.39, 0.29) is 0 Å². The van der Waals surface area contributed by atoms with Crippen molar-refractivity contribution in [2.45, 2.75) is 0 Å². The molecule has 3 heteroatoms. The van der Waals surface area contributed by atoms with Crippen LogP contribution in [0.5, 0.6) is 0 Å². The summed E-state index contributed by atoms with van der Waals surface area (Å²) in [5, 5.41) is 11.1. The molecule has 0 aromatic heterocycles. The topological polar surface area (TPSA) is 6.48 Å². The summed E-state index contributed by atoms with van der Waals surface area (Å²) >= 11 is 0. The Morgan fingerprint density at radius 2 is 0.678 bits per heavy atom. The van der Waals surface area contributed by atoms with Crippen LogP contribution >= 0.6 is 0 Å². The first-order valence-electron chi connectivity index (χ1n) is 20.4. The SMILES string of the molecule is c1ccc(N(c2ccccc2)c2ccc3c(c2)[Si]2(c4ccccc4-c4ccccc42)c2c-3c3ccccc3c3cc(N(c4ccccc4)c4ccccc4)ccc23)cc1. The Hall–Kier alpha value is -7.46. The highest BCUT2D eigenvalue weighted by Crippen LogP contribution is 2.46. The van der Waals surface area contributed by atoms with E-state index in [0.29, 0.717) is 0 Å². The van der Waals surface area contributed by atoms with Gasteiger partial charge in [-0.3, -0.25) is 0 Å². The van der Waals surface area contributed by atoms with Crippen LogP contribution in [0.1, 0.15) is 0 Å². The van der Waals surface area contributed by atoms with Gasteiger partial charge >= 0.3 is 0 Å². The first-order chi connectivity index (χ1) is 29.3. The number of para-hydroxylation sites is 4. The summed E-state index contributed by atoms with van der Waals surface area (Å²) in [5.41, 5.74) is 12.3. The lowest BCUT2D eigenvalue weighted by molar-refractivity contribution is 1.29. The molecule has 59 heavy (non-hydrogen) atoms. The van der Waals surface area contributed by atoms with Crippen molar-refractivity contribution in [1.29, 1.82) is 0 Å². The standard InChI is InChI=1S/C56H38N2Si/c1-5-19-39(20-6-1)57(40-21-7-2-8-22-40)43-33-35-49-51(37-43)45-27-13-14-30-48(45)55-50-36-34-44(58(41-23-9-3-10-24-41)42-25-11-4-12-26-42)38-54(50)59(56(49)55)52-31-17-15-28-46(52)47-29-16-18-32-53(47)59/h1-38H. The van der Waals surface area contributed by atoms with Crippen molar-refractivity contribution in [3.63, 3.8) is 0 Å². The van der Waals surface area contributed by atoms with E-state index in [9.17, 15) is 0 Å². The molecule has 0 saturated heterocycles. The average molecular weight is 767 g/mol. The molecule has 0 bridgehead atoms. The predicted octanol–water partition coefficient (Wildman–Crippen LogP) is 12.3. The number of fused-ring (bicyclic) bond motifs is 15. The highest BCUT2D eigenvalue weighted by atomic mass is 28.3. The Morgan fingerprint density at radius 1 is 0.254 bits per heavy atom. The number of benzene rings is 10. The summed E-state index contributed by atoms with van der Waals surface area (Å²) in [5.74, 6) is 0. The Morgan fingerprint density at radius 3 is 1.20 bits per heavy atom. The van der Waals surface area contributed by atoms with Gasteiger partial charge in [0.2, 0.25) is 0 Å². The normalized spacial score (nSPS) is 12.9. The fraction of sp³-hybridized carbons (Fsp3) is 0. The molecule has 0 aliphatic carbocycles. The third kappa shape index (κ3) is 4.92. The second-order valence-corrected chi connectivity index (χ2v) is 19.2. The first-order valence-corrected chi connectivity index (χ1v) is 22.4. The van der Waals surface area contributed by atoms with Gasteiger partial charge in [0.25, 0.3) is 0 Å². The second-order valence-electron chi connectivity index (χ2n) is 15.6. The van der Waals surface area contributed by atoms with E-state index in [1.54, 1.807) is 0 Å². The van der Waals surface area contributed by atoms with E-state index in [1.165, 1.54) is 70.2 Å². The van der Waals surface area contributed by atoms with Crippen molar-refractivity contribution < 1.29 is 0 Å². The molecule has 10 aromatic carbocycles. The van der Waals surface area contributed by atoms with Crippen molar-refractivity contribution in [2.75, 3.05) is 9.80 Å². The Bertz CT molecular complexity index is 3090. The third-order valence-electron chi connectivity index (χ3n) is 12.6. The fourth-order valence-electron chi connectivity index (χ4n) is 10.3. The van der Waals surface area contributed by atoms with Crippen LogP contribution in [-0.4, -0.2) is 8.07 Å². The van der Waals surface area contributed by atoms with Gasteiger partial charge in [-0.15, -0.1) is 0 Å². The van der Waals surface area contributed by atoms with E-state index in [1.807, 2.05) is 0 Å². The van der Waals surface area contributed by atoms with E-state index in [4.69, 9.17) is 0 Å². The number of hydrogen-bond donors (Lipinski definition) is 0. The van der Waals surface area contributed by atoms with Crippen molar-refractivity contribution >= 4 is 84.5 Å². The minimum absolute atomic E-state index is 1.13. The average Bonchev–Trinajstić information content (AvgIpc) is 3.78. The van der Waals surface area contributed by atoms with Gasteiger partial charge in [0.05, 0.1) is 0 Å². The Kier molecular flexibility index (Phi) is 7.59. The van der Waals surface area contributed by atoms with Crippen LogP contribution in [0, 0.1) is 0 Å². The summed E-state index contributed by atoms with van der Waals surface area (Å²) in [6, 6.07) is 85.4. The van der Waals surface area contributed by atoms with Crippen LogP contribution in [0.25, 0.3) is 43.8 Å². The van der Waals surface area contributed by atoms with Crippen molar-refractivity contribution in [3.8, 4) is 22.3 Å². The van der Waals surface area contributed by atoms with Gasteiger partial charge in [-0.2, -0.15) is 0 Å². The molecular weight excluding hydrogens is 729 g/mol. The zero-order chi connectivity index (χ0) is 38.9. The molecule has 0 unspecified atom stereocenters. The molecule has 10 aromatic rings. The van der Waals surface area contributed by atoms with Gasteiger partial charge in [0, 0.05) is 34.1 Å². The monoisotopic (exact) mass is 766 g/mol. The zero-order valence-electron chi connectivity index (χ0n) is 32.3. The zero-order valence-corrected chi connectivity index (χ0v) is 33.3. The molecule has 1 spiro atoms. The maximum Gasteiger partial charge on any atom is 0.182 e. The van der Waals surface area contributed by atoms with E-state index in [2.05, 4.69) is 240 Å². The minimum atomic E-state index is -2.93. The molecule has 0 atom stereocenters.